The van der Waals surface area contributed by atoms with Gasteiger partial charge in [0, 0.05) is 32.1 Å². The molecule has 3 rings (SSSR count). The normalized spacial score (nSPS) is 15.0. The zero-order valence-corrected chi connectivity index (χ0v) is 17.4. The summed E-state index contributed by atoms with van der Waals surface area (Å²) in [6.45, 7) is 3.71. The molecular formula is C21H31ClN4O2. The second kappa shape index (κ2) is 11.2. The van der Waals surface area contributed by atoms with Crippen LogP contribution in [0.2, 0.25) is 0 Å². The van der Waals surface area contributed by atoms with Crippen molar-refractivity contribution in [2.45, 2.75) is 64.5 Å². The minimum Gasteiger partial charge on any atom is -0.355 e. The molecule has 0 aliphatic heterocycles. The van der Waals surface area contributed by atoms with Crippen LogP contribution < -0.4 is 16.2 Å². The highest BCUT2D eigenvalue weighted by molar-refractivity contribution is 5.85. The van der Waals surface area contributed by atoms with Crippen LogP contribution in [0, 0.1) is 6.92 Å². The van der Waals surface area contributed by atoms with Crippen molar-refractivity contribution in [1.82, 2.24) is 20.2 Å². The molecule has 154 valence electrons. The number of aromatic nitrogens is 2. The number of rotatable bonds is 7. The van der Waals surface area contributed by atoms with Crippen LogP contribution in [-0.2, 0) is 11.3 Å². The largest absolute Gasteiger partial charge is 0.355 e. The van der Waals surface area contributed by atoms with E-state index < -0.39 is 0 Å². The first-order valence-electron chi connectivity index (χ1n) is 10.1. The fraction of sp³-hybridized carbons (Fsp3) is 0.571. The minimum atomic E-state index is -0.0912. The summed E-state index contributed by atoms with van der Waals surface area (Å²) in [5, 5.41) is 7.08. The van der Waals surface area contributed by atoms with Crippen LogP contribution in [0.5, 0.6) is 0 Å². The van der Waals surface area contributed by atoms with Crippen LogP contribution in [0.25, 0.3) is 10.9 Å². The number of nitrogens with zero attached hydrogens (tertiary/aromatic N) is 2. The first kappa shape index (κ1) is 22.4. The van der Waals surface area contributed by atoms with Gasteiger partial charge < -0.3 is 10.6 Å². The van der Waals surface area contributed by atoms with Crippen LogP contribution in [-0.4, -0.2) is 34.6 Å². The fourth-order valence-electron chi connectivity index (χ4n) is 3.77. The summed E-state index contributed by atoms with van der Waals surface area (Å²) in [6.07, 6.45) is 9.60. The van der Waals surface area contributed by atoms with Crippen LogP contribution in [0.4, 0.5) is 0 Å². The molecule has 0 unspecified atom stereocenters. The Morgan fingerprint density at radius 3 is 2.68 bits per heavy atom. The van der Waals surface area contributed by atoms with E-state index in [0.29, 0.717) is 24.5 Å². The van der Waals surface area contributed by atoms with Gasteiger partial charge in [0.1, 0.15) is 0 Å². The van der Waals surface area contributed by atoms with Crippen LogP contribution >= 0.6 is 12.4 Å². The van der Waals surface area contributed by atoms with Gasteiger partial charge in [0.2, 0.25) is 5.91 Å². The number of amides is 1. The molecule has 1 aromatic heterocycles. The Bertz CT molecular complexity index is 829. The lowest BCUT2D eigenvalue weighted by Crippen LogP contribution is -2.37. The van der Waals surface area contributed by atoms with Crippen molar-refractivity contribution >= 4 is 29.2 Å². The third-order valence-corrected chi connectivity index (χ3v) is 5.37. The Balaban J connectivity index is 0.00000280. The predicted octanol–water partition coefficient (Wildman–Crippen LogP) is 2.95. The molecule has 2 aromatic rings. The predicted molar refractivity (Wildman–Crippen MR) is 115 cm³/mol. The van der Waals surface area contributed by atoms with Gasteiger partial charge in [0.25, 0.3) is 5.56 Å². The number of aryl methyl sites for hydroxylation is 2. The smallest absolute Gasteiger partial charge is 0.261 e. The van der Waals surface area contributed by atoms with Gasteiger partial charge in [-0.1, -0.05) is 37.8 Å². The molecular weight excluding hydrogens is 376 g/mol. The minimum absolute atomic E-state index is 0. The van der Waals surface area contributed by atoms with Crippen molar-refractivity contribution in [2.75, 3.05) is 13.1 Å². The van der Waals surface area contributed by atoms with E-state index in [9.17, 15) is 9.59 Å². The van der Waals surface area contributed by atoms with Gasteiger partial charge in [-0.3, -0.25) is 14.2 Å². The molecule has 1 fully saturated rings. The maximum absolute atomic E-state index is 12.5. The molecule has 0 spiro atoms. The summed E-state index contributed by atoms with van der Waals surface area (Å²) < 4.78 is 1.52. The zero-order valence-electron chi connectivity index (χ0n) is 16.6. The molecule has 1 saturated carbocycles. The lowest BCUT2D eigenvalue weighted by Gasteiger charge is -2.16. The maximum Gasteiger partial charge on any atom is 0.261 e. The highest BCUT2D eigenvalue weighted by atomic mass is 35.5. The van der Waals surface area contributed by atoms with Gasteiger partial charge in [-0.2, -0.15) is 0 Å². The van der Waals surface area contributed by atoms with Crippen molar-refractivity contribution in [3.8, 4) is 0 Å². The molecule has 28 heavy (non-hydrogen) atoms. The third kappa shape index (κ3) is 6.04. The Hall–Kier alpha value is -1.92. The Labute approximate surface area is 172 Å². The molecule has 0 radical (unpaired) electrons. The second-order valence-electron chi connectivity index (χ2n) is 7.46. The first-order chi connectivity index (χ1) is 13.1. The van der Waals surface area contributed by atoms with Gasteiger partial charge in [0.05, 0.1) is 17.2 Å². The van der Waals surface area contributed by atoms with Crippen LogP contribution in [0.3, 0.4) is 0 Å². The van der Waals surface area contributed by atoms with Gasteiger partial charge in [-0.05, 0) is 31.4 Å². The van der Waals surface area contributed by atoms with Gasteiger partial charge >= 0.3 is 0 Å². The topological polar surface area (TPSA) is 76.0 Å². The summed E-state index contributed by atoms with van der Waals surface area (Å²) >= 11 is 0. The molecule has 1 heterocycles. The Morgan fingerprint density at radius 1 is 1.18 bits per heavy atom. The molecule has 1 aliphatic carbocycles. The second-order valence-corrected chi connectivity index (χ2v) is 7.46. The number of nitrogens with one attached hydrogen (secondary N) is 2. The molecule has 0 bridgehead atoms. The van der Waals surface area contributed by atoms with Gasteiger partial charge in [-0.25, -0.2) is 4.98 Å². The number of halogens is 1. The van der Waals surface area contributed by atoms with E-state index in [-0.39, 0.29) is 30.3 Å². The number of fused-ring (bicyclic) bond motifs is 1. The van der Waals surface area contributed by atoms with E-state index in [4.69, 9.17) is 0 Å². The lowest BCUT2D eigenvalue weighted by molar-refractivity contribution is -0.121. The van der Waals surface area contributed by atoms with Crippen molar-refractivity contribution in [3.05, 3.63) is 40.4 Å². The van der Waals surface area contributed by atoms with E-state index in [2.05, 4.69) is 15.6 Å². The number of carbonyl (C=O) groups excluding carboxylic acids is 1. The van der Waals surface area contributed by atoms with E-state index in [0.717, 1.165) is 17.6 Å². The molecule has 1 amide bonds. The lowest BCUT2D eigenvalue weighted by atomic mass is 10.1. The summed E-state index contributed by atoms with van der Waals surface area (Å²) in [6, 6.07) is 6.18. The summed E-state index contributed by atoms with van der Waals surface area (Å²) in [7, 11) is 0. The average molecular weight is 407 g/mol. The summed E-state index contributed by atoms with van der Waals surface area (Å²) in [4.78, 5) is 29.0. The summed E-state index contributed by atoms with van der Waals surface area (Å²) in [5.41, 5.74) is 1.62. The standard InChI is InChI=1S/C21H30N4O2.ClH/c1-16-7-6-10-18-20(16)24-15-25(21(18)27)14-11-19(26)23-13-12-22-17-8-4-2-3-5-9-17;/h6-7,10,15,17,22H,2-5,8-9,11-14H2,1H3,(H,23,26);1H. The SMILES string of the molecule is Cc1cccc2c(=O)n(CCC(=O)NCCNC3CCCCCC3)cnc12.Cl. The number of benzene rings is 1. The molecule has 7 heteroatoms. The number of carbonyl (C=O) groups is 1. The average Bonchev–Trinajstić information content (AvgIpc) is 2.94. The molecule has 2 N–H and O–H groups in total. The maximum atomic E-state index is 12.5. The number of hydrogen-bond acceptors (Lipinski definition) is 4. The van der Waals surface area contributed by atoms with Gasteiger partial charge in [0.15, 0.2) is 0 Å². The van der Waals surface area contributed by atoms with Gasteiger partial charge in [-0.15, -0.1) is 12.4 Å². The Morgan fingerprint density at radius 2 is 1.93 bits per heavy atom. The van der Waals surface area contributed by atoms with E-state index in [1.807, 2.05) is 19.1 Å². The fourth-order valence-corrected chi connectivity index (χ4v) is 3.77. The molecule has 0 atom stereocenters. The first-order valence-corrected chi connectivity index (χ1v) is 10.1. The summed E-state index contributed by atoms with van der Waals surface area (Å²) in [5.74, 6) is -0.0334. The van der Waals surface area contributed by atoms with Crippen molar-refractivity contribution < 1.29 is 4.79 Å². The molecule has 1 aromatic carbocycles. The molecule has 6 nitrogen and oxygen atoms in total. The third-order valence-electron chi connectivity index (χ3n) is 5.37. The zero-order chi connectivity index (χ0) is 19.1. The molecule has 0 saturated heterocycles. The van der Waals surface area contributed by atoms with Crippen LogP contribution in [0.1, 0.15) is 50.5 Å². The van der Waals surface area contributed by atoms with E-state index in [1.54, 1.807) is 12.4 Å². The van der Waals surface area contributed by atoms with Crippen LogP contribution in [0.15, 0.2) is 29.3 Å². The highest BCUT2D eigenvalue weighted by Crippen LogP contribution is 2.16. The van der Waals surface area contributed by atoms with E-state index in [1.165, 1.54) is 43.1 Å². The number of para-hydroxylation sites is 1. The number of hydrogen-bond donors (Lipinski definition) is 2. The molecule has 1 aliphatic rings. The van der Waals surface area contributed by atoms with Crippen molar-refractivity contribution in [2.24, 2.45) is 0 Å². The monoisotopic (exact) mass is 406 g/mol. The van der Waals surface area contributed by atoms with Crippen molar-refractivity contribution in [3.63, 3.8) is 0 Å². The van der Waals surface area contributed by atoms with Crippen molar-refractivity contribution in [1.29, 1.82) is 0 Å². The Kier molecular flexibility index (Phi) is 8.93. The highest BCUT2D eigenvalue weighted by Gasteiger charge is 2.11. The van der Waals surface area contributed by atoms with E-state index >= 15 is 0 Å². The quantitative estimate of drug-likeness (QED) is 0.547.